The van der Waals surface area contributed by atoms with Crippen LogP contribution >= 0.6 is 46.1 Å². The summed E-state index contributed by atoms with van der Waals surface area (Å²) in [6.07, 6.45) is 6.12. The lowest BCUT2D eigenvalue weighted by atomic mass is 10.2. The lowest BCUT2D eigenvalue weighted by Gasteiger charge is -2.14. The molecule has 0 bridgehead atoms. The van der Waals surface area contributed by atoms with E-state index in [1.807, 2.05) is 24.9 Å². The molecule has 28 heavy (non-hydrogen) atoms. The van der Waals surface area contributed by atoms with Crippen molar-refractivity contribution in [2.75, 3.05) is 5.75 Å². The average molecular weight is 523 g/mol. The predicted molar refractivity (Wildman–Crippen MR) is 126 cm³/mol. The first kappa shape index (κ1) is 21.4. The second-order valence-electron chi connectivity index (χ2n) is 6.63. The van der Waals surface area contributed by atoms with E-state index in [4.69, 9.17) is 0 Å². The van der Waals surface area contributed by atoms with Crippen molar-refractivity contribution in [3.05, 3.63) is 78.8 Å². The summed E-state index contributed by atoms with van der Waals surface area (Å²) >= 11 is 5.71. The van der Waals surface area contributed by atoms with Crippen molar-refractivity contribution >= 4 is 46.1 Å². The van der Waals surface area contributed by atoms with Crippen molar-refractivity contribution in [3.8, 4) is 0 Å². The minimum Gasteiger partial charge on any atom is -0.325 e. The van der Waals surface area contributed by atoms with Gasteiger partial charge in [0.15, 0.2) is 0 Å². The van der Waals surface area contributed by atoms with Gasteiger partial charge in [0, 0.05) is 46.2 Å². The molecule has 3 aromatic rings. The van der Waals surface area contributed by atoms with E-state index < -0.39 is 0 Å². The summed E-state index contributed by atoms with van der Waals surface area (Å²) in [5.41, 5.74) is 5.62. The minimum absolute atomic E-state index is 0.0155. The number of thioether (sulfide) groups is 1. The molecule has 0 amide bonds. The normalized spacial score (nSPS) is 11.0. The van der Waals surface area contributed by atoms with Crippen LogP contribution in [0.3, 0.4) is 0 Å². The van der Waals surface area contributed by atoms with Gasteiger partial charge >= 0.3 is 0 Å². The number of halogens is 1. The minimum atomic E-state index is -0.0155. The van der Waals surface area contributed by atoms with E-state index >= 15 is 0 Å². The summed E-state index contributed by atoms with van der Waals surface area (Å²) in [4.78, 5) is 26.0. The number of H-pyrrole nitrogens is 1. The van der Waals surface area contributed by atoms with Crippen LogP contribution in [0.15, 0.2) is 51.4 Å². The molecule has 3 rings (SSSR count). The van der Waals surface area contributed by atoms with Crippen LogP contribution in [0.4, 0.5) is 0 Å². The van der Waals surface area contributed by atoms with Gasteiger partial charge in [0.05, 0.1) is 9.26 Å². The number of aryl methyl sites for hydroxylation is 4. The van der Waals surface area contributed by atoms with Crippen LogP contribution in [-0.4, -0.2) is 20.7 Å². The zero-order chi connectivity index (χ0) is 20.1. The van der Waals surface area contributed by atoms with Crippen molar-refractivity contribution in [1.29, 1.82) is 0 Å². The monoisotopic (exact) mass is 523 g/mol. The maximum atomic E-state index is 12.4. The van der Waals surface area contributed by atoms with Crippen LogP contribution in [-0.2, 0) is 12.2 Å². The van der Waals surface area contributed by atoms with Gasteiger partial charge in [-0.05, 0) is 77.9 Å². The van der Waals surface area contributed by atoms with Crippen LogP contribution < -0.4 is 5.56 Å². The molecular formula is C21H22IN3OS2. The Kier molecular flexibility index (Phi) is 7.59. The third kappa shape index (κ3) is 5.61. The number of aromatic nitrogens is 3. The molecule has 2 aromatic heterocycles. The molecule has 0 radical (unpaired) electrons. The highest BCUT2D eigenvalue weighted by Gasteiger charge is 2.16. The molecule has 0 aliphatic heterocycles. The lowest BCUT2D eigenvalue weighted by Crippen LogP contribution is -2.15. The molecule has 0 saturated heterocycles. The maximum Gasteiger partial charge on any atom is 0.262 e. The number of nitrogens with one attached hydrogen (secondary N) is 1. The number of pyridine rings is 1. The topological polar surface area (TPSA) is 58.6 Å². The fourth-order valence-corrected chi connectivity index (χ4v) is 6.11. The first-order valence-corrected chi connectivity index (χ1v) is 12.0. The number of nitrogens with zero attached hydrogens (tertiary/aromatic N) is 2. The van der Waals surface area contributed by atoms with Gasteiger partial charge < -0.3 is 4.98 Å². The van der Waals surface area contributed by atoms with Crippen molar-refractivity contribution in [2.24, 2.45) is 0 Å². The van der Waals surface area contributed by atoms with Gasteiger partial charge in [0.1, 0.15) is 0 Å². The zero-order valence-corrected chi connectivity index (χ0v) is 19.9. The largest absolute Gasteiger partial charge is 0.325 e. The van der Waals surface area contributed by atoms with Gasteiger partial charge in [-0.15, -0.1) is 0 Å². The van der Waals surface area contributed by atoms with E-state index in [2.05, 4.69) is 69.6 Å². The molecule has 0 atom stereocenters. The van der Waals surface area contributed by atoms with Crippen LogP contribution in [0, 0.1) is 24.3 Å². The molecule has 0 fully saturated rings. The summed E-state index contributed by atoms with van der Waals surface area (Å²) < 4.78 is 0.761. The molecule has 0 aliphatic carbocycles. The zero-order valence-electron chi connectivity index (χ0n) is 16.1. The second-order valence-corrected chi connectivity index (χ2v) is 9.89. The van der Waals surface area contributed by atoms with Crippen LogP contribution in [0.25, 0.3) is 0 Å². The molecule has 146 valence electrons. The Balaban J connectivity index is 1.79. The lowest BCUT2D eigenvalue weighted by molar-refractivity contribution is 1.00. The Morgan fingerprint density at radius 3 is 2.54 bits per heavy atom. The van der Waals surface area contributed by atoms with Crippen LogP contribution in [0.5, 0.6) is 0 Å². The van der Waals surface area contributed by atoms with Gasteiger partial charge in [0.25, 0.3) is 5.56 Å². The first-order chi connectivity index (χ1) is 13.4. The van der Waals surface area contributed by atoms with Gasteiger partial charge in [-0.1, -0.05) is 17.8 Å². The van der Waals surface area contributed by atoms with Gasteiger partial charge in [-0.2, -0.15) is 11.8 Å². The van der Waals surface area contributed by atoms with Crippen molar-refractivity contribution < 1.29 is 0 Å². The maximum absolute atomic E-state index is 12.4. The van der Waals surface area contributed by atoms with Crippen molar-refractivity contribution in [3.63, 3.8) is 0 Å². The quantitative estimate of drug-likeness (QED) is 0.336. The Morgan fingerprint density at radius 2 is 1.86 bits per heavy atom. The Bertz CT molecular complexity index is 1000. The first-order valence-electron chi connectivity index (χ1n) is 8.94. The molecular weight excluding hydrogens is 501 g/mol. The molecule has 0 unspecified atom stereocenters. The Morgan fingerprint density at radius 1 is 1.11 bits per heavy atom. The fourth-order valence-electron chi connectivity index (χ4n) is 2.91. The summed E-state index contributed by atoms with van der Waals surface area (Å²) in [5, 5.41) is 0. The molecule has 0 spiro atoms. The van der Waals surface area contributed by atoms with Gasteiger partial charge in [0.2, 0.25) is 0 Å². The number of benzene rings is 1. The van der Waals surface area contributed by atoms with E-state index in [-0.39, 0.29) is 5.56 Å². The summed E-state index contributed by atoms with van der Waals surface area (Å²) in [6.45, 7) is 6.20. The standard InChI is InChI=1S/C21H22IN3OS2/c1-13-8-14(2)10-17(9-13)28-20-18(15(3)25-21(26)19(20)22)12-27-7-4-16-11-23-5-6-24-16/h5-6,8-11H,4,7,12H2,1-3H3,(H,25,26). The number of hydrogen-bond donors (Lipinski definition) is 1. The Hall–Kier alpha value is -1.32. The number of hydrogen-bond acceptors (Lipinski definition) is 5. The van der Waals surface area contributed by atoms with Crippen molar-refractivity contribution in [2.45, 2.75) is 42.7 Å². The van der Waals surface area contributed by atoms with Crippen molar-refractivity contribution in [1.82, 2.24) is 15.0 Å². The molecule has 4 nitrogen and oxygen atoms in total. The summed E-state index contributed by atoms with van der Waals surface area (Å²) in [6, 6.07) is 6.52. The third-order valence-electron chi connectivity index (χ3n) is 4.21. The van der Waals surface area contributed by atoms with E-state index in [0.29, 0.717) is 0 Å². The van der Waals surface area contributed by atoms with E-state index in [0.717, 1.165) is 37.8 Å². The van der Waals surface area contributed by atoms with E-state index in [9.17, 15) is 4.79 Å². The highest BCUT2D eigenvalue weighted by Crippen LogP contribution is 2.36. The van der Waals surface area contributed by atoms with Gasteiger partial charge in [-0.25, -0.2) is 0 Å². The molecule has 7 heteroatoms. The van der Waals surface area contributed by atoms with Crippen LogP contribution in [0.2, 0.25) is 0 Å². The fraction of sp³-hybridized carbons (Fsp3) is 0.286. The molecule has 1 N–H and O–H groups in total. The SMILES string of the molecule is Cc1cc(C)cc(Sc2c(CSCCc3cnccn3)c(C)[nH]c(=O)c2I)c1. The average Bonchev–Trinajstić information content (AvgIpc) is 2.65. The molecule has 1 aromatic carbocycles. The number of aromatic amines is 1. The number of rotatable bonds is 7. The van der Waals surface area contributed by atoms with E-state index in [1.165, 1.54) is 21.6 Å². The highest BCUT2D eigenvalue weighted by molar-refractivity contribution is 14.1. The molecule has 0 saturated carbocycles. The summed E-state index contributed by atoms with van der Waals surface area (Å²) in [5.74, 6) is 1.81. The van der Waals surface area contributed by atoms with Crippen LogP contribution in [0.1, 0.15) is 28.1 Å². The highest BCUT2D eigenvalue weighted by atomic mass is 127. The third-order valence-corrected chi connectivity index (χ3v) is 7.71. The second kappa shape index (κ2) is 9.93. The molecule has 0 aliphatic rings. The van der Waals surface area contributed by atoms with E-state index in [1.54, 1.807) is 24.2 Å². The summed E-state index contributed by atoms with van der Waals surface area (Å²) in [7, 11) is 0. The predicted octanol–water partition coefficient (Wildman–Crippen LogP) is 5.32. The smallest absolute Gasteiger partial charge is 0.262 e. The van der Waals surface area contributed by atoms with Gasteiger partial charge in [-0.3, -0.25) is 14.8 Å². The molecule has 2 heterocycles. The Labute approximate surface area is 187 Å².